The highest BCUT2D eigenvalue weighted by atomic mass is 16.5. The molecule has 0 spiro atoms. The number of rotatable bonds is 6. The van der Waals surface area contributed by atoms with Gasteiger partial charge in [0.25, 0.3) is 5.91 Å². The fraction of sp³-hybridized carbons (Fsp3) is 0.235. The van der Waals surface area contributed by atoms with Crippen molar-refractivity contribution in [3.8, 4) is 17.2 Å². The summed E-state index contributed by atoms with van der Waals surface area (Å²) in [5, 5.41) is 4.11. The second-order valence-electron chi connectivity index (χ2n) is 4.73. The van der Waals surface area contributed by atoms with Crippen molar-refractivity contribution < 1.29 is 19.0 Å². The van der Waals surface area contributed by atoms with Crippen LogP contribution in [0.4, 0.5) is 0 Å². The largest absolute Gasteiger partial charge is 0.493 e. The van der Waals surface area contributed by atoms with Gasteiger partial charge in [-0.1, -0.05) is 6.07 Å². The summed E-state index contributed by atoms with van der Waals surface area (Å²) in [5.74, 6) is 1.09. The first kappa shape index (κ1) is 17.3. The number of ether oxygens (including phenoxy) is 3. The van der Waals surface area contributed by atoms with E-state index < -0.39 is 5.91 Å². The summed E-state index contributed by atoms with van der Waals surface area (Å²) in [6, 6.07) is 8.61. The van der Waals surface area contributed by atoms with Crippen LogP contribution in [0.3, 0.4) is 0 Å². The number of methoxy groups -OCH3 is 3. The second kappa shape index (κ2) is 7.96. The van der Waals surface area contributed by atoms with Crippen LogP contribution in [0, 0.1) is 0 Å². The molecule has 0 radical (unpaired) electrons. The van der Waals surface area contributed by atoms with Crippen LogP contribution in [-0.4, -0.2) is 37.9 Å². The summed E-state index contributed by atoms with van der Waals surface area (Å²) in [4.78, 5) is 16.0. The number of nitrogens with one attached hydrogen (secondary N) is 1. The van der Waals surface area contributed by atoms with Crippen LogP contribution < -0.4 is 19.6 Å². The Morgan fingerprint density at radius 2 is 1.79 bits per heavy atom. The number of amides is 1. The lowest BCUT2D eigenvalue weighted by Crippen LogP contribution is -2.20. The third kappa shape index (κ3) is 3.62. The molecule has 2 rings (SSSR count). The van der Waals surface area contributed by atoms with Crippen molar-refractivity contribution in [3.63, 3.8) is 0 Å². The molecule has 0 saturated heterocycles. The van der Waals surface area contributed by atoms with Crippen molar-refractivity contribution in [2.45, 2.75) is 6.92 Å². The van der Waals surface area contributed by atoms with Crippen molar-refractivity contribution in [3.05, 3.63) is 47.8 Å². The Morgan fingerprint density at radius 3 is 2.38 bits per heavy atom. The van der Waals surface area contributed by atoms with E-state index in [1.807, 2.05) is 0 Å². The smallest absolute Gasteiger partial charge is 0.289 e. The van der Waals surface area contributed by atoms with Gasteiger partial charge in [-0.15, -0.1) is 0 Å². The Hall–Kier alpha value is -3.09. The number of nitrogens with zero attached hydrogens (tertiary/aromatic N) is 2. The van der Waals surface area contributed by atoms with E-state index in [2.05, 4.69) is 15.5 Å². The molecule has 1 aromatic carbocycles. The van der Waals surface area contributed by atoms with Gasteiger partial charge in [0.05, 0.1) is 27.0 Å². The van der Waals surface area contributed by atoms with E-state index in [-0.39, 0.29) is 5.69 Å². The normalized spacial score (nSPS) is 10.9. The molecule has 0 unspecified atom stereocenters. The van der Waals surface area contributed by atoms with E-state index in [0.29, 0.717) is 28.5 Å². The maximum Gasteiger partial charge on any atom is 0.289 e. The minimum absolute atomic E-state index is 0.285. The quantitative estimate of drug-likeness (QED) is 0.649. The molecular weight excluding hydrogens is 310 g/mol. The number of benzene rings is 1. The van der Waals surface area contributed by atoms with Gasteiger partial charge in [-0.05, 0) is 31.2 Å². The zero-order valence-electron chi connectivity index (χ0n) is 14.0. The van der Waals surface area contributed by atoms with E-state index >= 15 is 0 Å². The highest BCUT2D eigenvalue weighted by Crippen LogP contribution is 2.39. The highest BCUT2D eigenvalue weighted by Gasteiger charge is 2.17. The number of hydrogen-bond donors (Lipinski definition) is 1. The number of carbonyl (C=O) groups is 1. The molecule has 7 nitrogen and oxygen atoms in total. The van der Waals surface area contributed by atoms with E-state index in [0.717, 1.165) is 0 Å². The summed E-state index contributed by atoms with van der Waals surface area (Å²) in [6.45, 7) is 1.75. The molecule has 0 aliphatic rings. The average Bonchev–Trinajstić information content (AvgIpc) is 2.64. The van der Waals surface area contributed by atoms with Crippen LogP contribution in [0.5, 0.6) is 17.2 Å². The van der Waals surface area contributed by atoms with Crippen LogP contribution in [0.25, 0.3) is 0 Å². The molecule has 0 aliphatic heterocycles. The van der Waals surface area contributed by atoms with Gasteiger partial charge in [0, 0.05) is 11.8 Å². The number of pyridine rings is 1. The predicted octanol–water partition coefficient (Wildman–Crippen LogP) is 2.26. The molecule has 1 N–H and O–H groups in total. The summed E-state index contributed by atoms with van der Waals surface area (Å²) < 4.78 is 16.0. The summed E-state index contributed by atoms with van der Waals surface area (Å²) in [7, 11) is 4.60. The third-order valence-electron chi connectivity index (χ3n) is 3.32. The maximum atomic E-state index is 12.0. The molecule has 0 atom stereocenters. The Kier molecular flexibility index (Phi) is 5.73. The SMILES string of the molecule is COc1ccc(/C(C)=N/NC(=O)c2ccccn2)c(OC)c1OC. The van der Waals surface area contributed by atoms with Crippen molar-refractivity contribution in [2.24, 2.45) is 5.10 Å². The van der Waals surface area contributed by atoms with Crippen LogP contribution in [0.1, 0.15) is 23.0 Å². The van der Waals surface area contributed by atoms with E-state index in [1.165, 1.54) is 14.2 Å². The lowest BCUT2D eigenvalue weighted by Gasteiger charge is -2.15. The van der Waals surface area contributed by atoms with Crippen molar-refractivity contribution in [1.29, 1.82) is 0 Å². The van der Waals surface area contributed by atoms with Gasteiger partial charge in [-0.25, -0.2) is 5.43 Å². The number of hydrazone groups is 1. The minimum Gasteiger partial charge on any atom is -0.493 e. The Bertz CT molecular complexity index is 745. The average molecular weight is 329 g/mol. The molecule has 0 bridgehead atoms. The van der Waals surface area contributed by atoms with E-state index in [9.17, 15) is 4.79 Å². The summed E-state index contributed by atoms with van der Waals surface area (Å²) in [6.07, 6.45) is 1.54. The first-order valence-corrected chi connectivity index (χ1v) is 7.17. The first-order chi connectivity index (χ1) is 11.6. The molecule has 1 aromatic heterocycles. The van der Waals surface area contributed by atoms with Gasteiger partial charge in [0.15, 0.2) is 11.5 Å². The molecule has 7 heteroatoms. The van der Waals surface area contributed by atoms with Crippen LogP contribution in [0.15, 0.2) is 41.6 Å². The predicted molar refractivity (Wildman–Crippen MR) is 90.0 cm³/mol. The zero-order chi connectivity index (χ0) is 17.5. The van der Waals surface area contributed by atoms with Gasteiger partial charge in [-0.3, -0.25) is 9.78 Å². The first-order valence-electron chi connectivity index (χ1n) is 7.17. The number of hydrogen-bond acceptors (Lipinski definition) is 6. The molecule has 1 heterocycles. The van der Waals surface area contributed by atoms with Crippen LogP contribution >= 0.6 is 0 Å². The van der Waals surface area contributed by atoms with Gasteiger partial charge in [0.2, 0.25) is 5.75 Å². The zero-order valence-corrected chi connectivity index (χ0v) is 14.0. The molecule has 126 valence electrons. The summed E-state index contributed by atoms with van der Waals surface area (Å²) in [5.41, 5.74) is 3.99. The molecule has 0 fully saturated rings. The maximum absolute atomic E-state index is 12.0. The van der Waals surface area contributed by atoms with Crippen molar-refractivity contribution >= 4 is 11.6 Å². The number of carbonyl (C=O) groups excluding carboxylic acids is 1. The van der Waals surface area contributed by atoms with Crippen molar-refractivity contribution in [2.75, 3.05) is 21.3 Å². The lowest BCUT2D eigenvalue weighted by molar-refractivity contribution is 0.0950. The Balaban J connectivity index is 2.29. The van der Waals surface area contributed by atoms with Gasteiger partial charge in [-0.2, -0.15) is 5.10 Å². The van der Waals surface area contributed by atoms with Crippen molar-refractivity contribution in [1.82, 2.24) is 10.4 Å². The monoisotopic (exact) mass is 329 g/mol. The van der Waals surface area contributed by atoms with Gasteiger partial charge in [0.1, 0.15) is 5.69 Å². The Morgan fingerprint density at radius 1 is 1.04 bits per heavy atom. The molecule has 1 amide bonds. The van der Waals surface area contributed by atoms with Gasteiger partial charge >= 0.3 is 0 Å². The van der Waals surface area contributed by atoms with Crippen LogP contribution in [0.2, 0.25) is 0 Å². The third-order valence-corrected chi connectivity index (χ3v) is 3.32. The standard InChI is InChI=1S/C17H19N3O4/c1-11(19-20-17(21)13-7-5-6-10-18-13)12-8-9-14(22-2)16(24-4)15(12)23-3/h5-10H,1-4H3,(H,20,21)/b19-11+. The molecule has 2 aromatic rings. The second-order valence-corrected chi connectivity index (χ2v) is 4.73. The molecule has 0 saturated carbocycles. The molecule has 24 heavy (non-hydrogen) atoms. The Labute approximate surface area is 140 Å². The fourth-order valence-electron chi connectivity index (χ4n) is 2.14. The summed E-state index contributed by atoms with van der Waals surface area (Å²) >= 11 is 0. The molecular formula is C17H19N3O4. The van der Waals surface area contributed by atoms with Gasteiger partial charge < -0.3 is 14.2 Å². The van der Waals surface area contributed by atoms with Crippen LogP contribution in [-0.2, 0) is 0 Å². The molecule has 0 aliphatic carbocycles. The fourth-order valence-corrected chi connectivity index (χ4v) is 2.14. The number of aromatic nitrogens is 1. The van der Waals surface area contributed by atoms with E-state index in [1.54, 1.807) is 50.6 Å². The highest BCUT2D eigenvalue weighted by molar-refractivity contribution is 6.03. The minimum atomic E-state index is -0.394. The van der Waals surface area contributed by atoms with E-state index in [4.69, 9.17) is 14.2 Å². The topological polar surface area (TPSA) is 82.0 Å². The lowest BCUT2D eigenvalue weighted by atomic mass is 10.1.